The van der Waals surface area contributed by atoms with E-state index in [2.05, 4.69) is 9.97 Å². The molecule has 0 aliphatic carbocycles. The highest BCUT2D eigenvalue weighted by atomic mass is 32.1. The van der Waals surface area contributed by atoms with E-state index in [-0.39, 0.29) is 0 Å². The molecule has 14 heavy (non-hydrogen) atoms. The van der Waals surface area contributed by atoms with Gasteiger partial charge in [0.25, 0.3) is 0 Å². The highest BCUT2D eigenvalue weighted by Crippen LogP contribution is 2.25. The third-order valence-corrected chi connectivity index (χ3v) is 2.92. The van der Waals surface area contributed by atoms with Crippen molar-refractivity contribution in [1.29, 1.82) is 0 Å². The van der Waals surface area contributed by atoms with Gasteiger partial charge < -0.3 is 5.73 Å². The van der Waals surface area contributed by atoms with Gasteiger partial charge in [-0.3, -0.25) is 4.98 Å². The quantitative estimate of drug-likeness (QED) is 0.815. The molecule has 0 atom stereocenters. The van der Waals surface area contributed by atoms with Crippen LogP contribution in [0.4, 0.5) is 0 Å². The zero-order valence-electron chi connectivity index (χ0n) is 7.90. The minimum Gasteiger partial charge on any atom is -0.325 e. The van der Waals surface area contributed by atoms with E-state index in [1.807, 2.05) is 25.1 Å². The molecular formula is C10H11N3S. The van der Waals surface area contributed by atoms with Crippen LogP contribution in [0, 0.1) is 6.92 Å². The standard InChI is InChI=1S/C10H11N3S/c1-7-10(13-9(6-11)14-7)8-4-2-3-5-12-8/h2-5H,6,11H2,1H3. The number of nitrogens with zero attached hydrogens (tertiary/aromatic N) is 2. The van der Waals surface area contributed by atoms with Crippen molar-refractivity contribution < 1.29 is 0 Å². The summed E-state index contributed by atoms with van der Waals surface area (Å²) < 4.78 is 0. The van der Waals surface area contributed by atoms with Crippen molar-refractivity contribution >= 4 is 11.3 Å². The maximum Gasteiger partial charge on any atom is 0.107 e. The van der Waals surface area contributed by atoms with Gasteiger partial charge in [-0.15, -0.1) is 11.3 Å². The molecule has 0 unspecified atom stereocenters. The van der Waals surface area contributed by atoms with E-state index < -0.39 is 0 Å². The van der Waals surface area contributed by atoms with Crippen LogP contribution in [0.25, 0.3) is 11.4 Å². The van der Waals surface area contributed by atoms with Crippen LogP contribution in [-0.2, 0) is 6.54 Å². The Bertz CT molecular complexity index is 422. The van der Waals surface area contributed by atoms with Gasteiger partial charge in [0, 0.05) is 17.6 Å². The summed E-state index contributed by atoms with van der Waals surface area (Å²) in [6.07, 6.45) is 1.77. The first-order valence-corrected chi connectivity index (χ1v) is 5.20. The van der Waals surface area contributed by atoms with Gasteiger partial charge in [0.05, 0.1) is 5.69 Å². The van der Waals surface area contributed by atoms with Crippen LogP contribution >= 0.6 is 11.3 Å². The number of pyridine rings is 1. The third kappa shape index (κ3) is 1.66. The zero-order valence-corrected chi connectivity index (χ0v) is 8.71. The largest absolute Gasteiger partial charge is 0.325 e. The summed E-state index contributed by atoms with van der Waals surface area (Å²) in [4.78, 5) is 9.86. The zero-order chi connectivity index (χ0) is 9.97. The van der Waals surface area contributed by atoms with Gasteiger partial charge in [0.1, 0.15) is 10.7 Å². The Morgan fingerprint density at radius 3 is 2.86 bits per heavy atom. The topological polar surface area (TPSA) is 51.8 Å². The molecule has 2 rings (SSSR count). The number of rotatable bonds is 2. The van der Waals surface area contributed by atoms with Crippen LogP contribution in [-0.4, -0.2) is 9.97 Å². The highest BCUT2D eigenvalue weighted by Gasteiger charge is 2.08. The van der Waals surface area contributed by atoms with E-state index in [0.717, 1.165) is 16.4 Å². The first-order valence-electron chi connectivity index (χ1n) is 4.39. The molecule has 0 radical (unpaired) electrons. The minimum atomic E-state index is 0.498. The molecule has 72 valence electrons. The van der Waals surface area contributed by atoms with E-state index in [1.165, 1.54) is 4.88 Å². The van der Waals surface area contributed by atoms with Crippen molar-refractivity contribution in [1.82, 2.24) is 9.97 Å². The first-order chi connectivity index (χ1) is 6.81. The lowest BCUT2D eigenvalue weighted by Crippen LogP contribution is -1.94. The smallest absolute Gasteiger partial charge is 0.107 e. The number of aromatic nitrogens is 2. The Hall–Kier alpha value is -1.26. The van der Waals surface area contributed by atoms with Crippen LogP contribution < -0.4 is 5.73 Å². The minimum absolute atomic E-state index is 0.498. The molecular weight excluding hydrogens is 194 g/mol. The van der Waals surface area contributed by atoms with Crippen molar-refractivity contribution in [3.63, 3.8) is 0 Å². The highest BCUT2D eigenvalue weighted by molar-refractivity contribution is 7.12. The molecule has 4 heteroatoms. The Labute approximate surface area is 86.6 Å². The summed E-state index contributed by atoms with van der Waals surface area (Å²) in [5.74, 6) is 0. The van der Waals surface area contributed by atoms with Crippen LogP contribution in [0.15, 0.2) is 24.4 Å². The Morgan fingerprint density at radius 1 is 1.43 bits per heavy atom. The van der Waals surface area contributed by atoms with E-state index in [1.54, 1.807) is 17.5 Å². The Balaban J connectivity index is 2.46. The van der Waals surface area contributed by atoms with Crippen LogP contribution in [0.5, 0.6) is 0 Å². The molecule has 0 fully saturated rings. The Morgan fingerprint density at radius 2 is 2.29 bits per heavy atom. The van der Waals surface area contributed by atoms with Gasteiger partial charge in [-0.25, -0.2) is 4.98 Å². The van der Waals surface area contributed by atoms with Gasteiger partial charge in [-0.2, -0.15) is 0 Å². The summed E-state index contributed by atoms with van der Waals surface area (Å²) in [7, 11) is 0. The van der Waals surface area contributed by atoms with Crippen molar-refractivity contribution in [2.45, 2.75) is 13.5 Å². The number of aryl methyl sites for hydroxylation is 1. The molecule has 0 bridgehead atoms. The molecule has 2 aromatic rings. The van der Waals surface area contributed by atoms with Gasteiger partial charge in [0.15, 0.2) is 0 Å². The molecule has 3 nitrogen and oxygen atoms in total. The Kier molecular flexibility index (Phi) is 2.56. The summed E-state index contributed by atoms with van der Waals surface area (Å²) in [6.45, 7) is 2.54. The second-order valence-corrected chi connectivity index (χ2v) is 4.22. The van der Waals surface area contributed by atoms with Crippen LogP contribution in [0.3, 0.4) is 0 Å². The van der Waals surface area contributed by atoms with E-state index >= 15 is 0 Å². The van der Waals surface area contributed by atoms with E-state index in [4.69, 9.17) is 5.73 Å². The molecule has 0 spiro atoms. The normalized spacial score (nSPS) is 10.4. The summed E-state index contributed by atoms with van der Waals surface area (Å²) in [6, 6.07) is 5.82. The molecule has 0 aliphatic heterocycles. The van der Waals surface area contributed by atoms with Crippen LogP contribution in [0.2, 0.25) is 0 Å². The van der Waals surface area contributed by atoms with Gasteiger partial charge in [-0.1, -0.05) is 6.07 Å². The molecule has 2 N–H and O–H groups in total. The van der Waals surface area contributed by atoms with Gasteiger partial charge in [-0.05, 0) is 19.1 Å². The number of hydrogen-bond donors (Lipinski definition) is 1. The fourth-order valence-electron chi connectivity index (χ4n) is 1.28. The second-order valence-electron chi connectivity index (χ2n) is 2.93. The van der Waals surface area contributed by atoms with Gasteiger partial charge >= 0.3 is 0 Å². The number of thiazole rings is 1. The molecule has 0 amide bonds. The fourth-order valence-corrected chi connectivity index (χ4v) is 2.10. The average Bonchev–Trinajstić information content (AvgIpc) is 2.61. The predicted octanol–water partition coefficient (Wildman–Crippen LogP) is 1.97. The third-order valence-electron chi connectivity index (χ3n) is 1.92. The maximum atomic E-state index is 5.54. The molecule has 0 aromatic carbocycles. The SMILES string of the molecule is Cc1sc(CN)nc1-c1ccccn1. The van der Waals surface area contributed by atoms with Crippen molar-refractivity contribution in [3.8, 4) is 11.4 Å². The predicted molar refractivity (Wildman–Crippen MR) is 58.0 cm³/mol. The lowest BCUT2D eigenvalue weighted by molar-refractivity contribution is 1.04. The average molecular weight is 205 g/mol. The van der Waals surface area contributed by atoms with Crippen molar-refractivity contribution in [2.24, 2.45) is 5.73 Å². The lowest BCUT2D eigenvalue weighted by atomic mass is 10.2. The van der Waals surface area contributed by atoms with Crippen LogP contribution in [0.1, 0.15) is 9.88 Å². The van der Waals surface area contributed by atoms with Crippen molar-refractivity contribution in [2.75, 3.05) is 0 Å². The maximum absolute atomic E-state index is 5.54. The molecule has 0 saturated heterocycles. The summed E-state index contributed by atoms with van der Waals surface area (Å²) >= 11 is 1.63. The van der Waals surface area contributed by atoms with E-state index in [0.29, 0.717) is 6.54 Å². The van der Waals surface area contributed by atoms with E-state index in [9.17, 15) is 0 Å². The fraction of sp³-hybridized carbons (Fsp3) is 0.200. The lowest BCUT2D eigenvalue weighted by Gasteiger charge is -1.95. The molecule has 2 heterocycles. The number of nitrogens with two attached hydrogens (primary N) is 1. The van der Waals surface area contributed by atoms with Gasteiger partial charge in [0.2, 0.25) is 0 Å². The number of hydrogen-bond acceptors (Lipinski definition) is 4. The second kappa shape index (κ2) is 3.86. The summed E-state index contributed by atoms with van der Waals surface area (Å²) in [5, 5.41) is 0.961. The molecule has 0 aliphatic rings. The molecule has 0 saturated carbocycles. The monoisotopic (exact) mass is 205 g/mol. The summed E-state index contributed by atoms with van der Waals surface area (Å²) in [5.41, 5.74) is 7.41. The van der Waals surface area contributed by atoms with Crippen molar-refractivity contribution in [3.05, 3.63) is 34.3 Å². The first kappa shape index (κ1) is 9.30. The molecule has 2 aromatic heterocycles.